The van der Waals surface area contributed by atoms with E-state index in [-0.39, 0.29) is 37.9 Å². The molecule has 0 aliphatic rings. The van der Waals surface area contributed by atoms with E-state index in [4.69, 9.17) is 15.2 Å². The summed E-state index contributed by atoms with van der Waals surface area (Å²) in [6.45, 7) is 5.95. The van der Waals surface area contributed by atoms with Crippen molar-refractivity contribution in [1.82, 2.24) is 10.2 Å². The summed E-state index contributed by atoms with van der Waals surface area (Å²) in [6, 6.07) is 24.2. The summed E-state index contributed by atoms with van der Waals surface area (Å²) in [5, 5.41) is 5.13. The van der Waals surface area contributed by atoms with Crippen LogP contribution in [0.3, 0.4) is 0 Å². The molecular weight excluding hydrogens is 466 g/mol. The Morgan fingerprint density at radius 1 is 0.919 bits per heavy atom. The molecule has 0 radical (unpaired) electrons. The van der Waals surface area contributed by atoms with Crippen LogP contribution >= 0.6 is 0 Å². The predicted octanol–water partition coefficient (Wildman–Crippen LogP) is 3.89. The van der Waals surface area contributed by atoms with Crippen molar-refractivity contribution in [2.75, 3.05) is 32.8 Å². The Kier molecular flexibility index (Phi) is 11.6. The number of carbonyl (C=O) groups is 2. The molecule has 1 atom stereocenters. The van der Waals surface area contributed by atoms with E-state index in [2.05, 4.69) is 23.5 Å². The van der Waals surface area contributed by atoms with Gasteiger partial charge in [-0.3, -0.25) is 9.59 Å². The molecule has 0 aliphatic carbocycles. The average Bonchev–Trinajstić information content (AvgIpc) is 2.91. The first-order chi connectivity index (χ1) is 18.0. The molecule has 3 N–H and O–H groups in total. The summed E-state index contributed by atoms with van der Waals surface area (Å²) in [6.07, 6.45) is 0.184. The topological polar surface area (TPSA) is 93.9 Å². The Morgan fingerprint density at radius 2 is 1.59 bits per heavy atom. The van der Waals surface area contributed by atoms with E-state index in [1.165, 1.54) is 0 Å². The smallest absolute Gasteiger partial charge is 0.228 e. The van der Waals surface area contributed by atoms with Gasteiger partial charge in [-0.25, -0.2) is 0 Å². The van der Waals surface area contributed by atoms with Crippen LogP contribution in [0.15, 0.2) is 72.8 Å². The van der Waals surface area contributed by atoms with Crippen LogP contribution in [0.1, 0.15) is 31.4 Å². The molecule has 0 unspecified atom stereocenters. The molecule has 37 heavy (non-hydrogen) atoms. The number of amides is 2. The number of nitrogens with two attached hydrogens (primary N) is 1. The van der Waals surface area contributed by atoms with Crippen LogP contribution in [0.5, 0.6) is 0 Å². The zero-order valence-corrected chi connectivity index (χ0v) is 21.9. The highest BCUT2D eigenvalue weighted by Gasteiger charge is 2.28. The second kappa shape index (κ2) is 15.1. The fourth-order valence-electron chi connectivity index (χ4n) is 4.43. The lowest BCUT2D eigenvalue weighted by molar-refractivity contribution is -0.162. The third kappa shape index (κ3) is 8.67. The van der Waals surface area contributed by atoms with Gasteiger partial charge in [0.2, 0.25) is 11.8 Å². The minimum absolute atomic E-state index is 0.0609. The number of ether oxygens (including phenoxy) is 2. The lowest BCUT2D eigenvalue weighted by atomic mass is 9.96. The highest BCUT2D eigenvalue weighted by molar-refractivity contribution is 5.86. The van der Waals surface area contributed by atoms with Gasteiger partial charge in [0.15, 0.2) is 6.29 Å². The molecule has 7 heteroatoms. The maximum absolute atomic E-state index is 14.1. The van der Waals surface area contributed by atoms with E-state index in [0.29, 0.717) is 26.2 Å². The quantitative estimate of drug-likeness (QED) is 0.306. The van der Waals surface area contributed by atoms with E-state index >= 15 is 0 Å². The van der Waals surface area contributed by atoms with Gasteiger partial charge >= 0.3 is 0 Å². The Labute approximate surface area is 219 Å². The largest absolute Gasteiger partial charge is 0.355 e. The van der Waals surface area contributed by atoms with Crippen molar-refractivity contribution in [2.24, 2.45) is 11.7 Å². The van der Waals surface area contributed by atoms with Crippen molar-refractivity contribution in [1.29, 1.82) is 0 Å². The molecule has 0 bridgehead atoms. The molecule has 0 saturated heterocycles. The zero-order valence-electron chi connectivity index (χ0n) is 21.9. The molecular formula is C30H39N3O4. The molecule has 2 amide bonds. The SMILES string of the molecule is CCOC(CN(Cc1cccc2ccccc12)C(=O)[C@@H](CNC(=O)CCN)Cc1ccccc1)OCC. The third-order valence-corrected chi connectivity index (χ3v) is 6.22. The summed E-state index contributed by atoms with van der Waals surface area (Å²) in [5.74, 6) is -0.673. The van der Waals surface area contributed by atoms with Crippen LogP contribution in [-0.4, -0.2) is 55.9 Å². The van der Waals surface area contributed by atoms with Gasteiger partial charge in [-0.2, -0.15) is 0 Å². The molecule has 0 aromatic heterocycles. The summed E-state index contributed by atoms with van der Waals surface area (Å²) in [7, 11) is 0. The molecule has 0 spiro atoms. The number of benzene rings is 3. The second-order valence-corrected chi connectivity index (χ2v) is 8.93. The molecule has 7 nitrogen and oxygen atoms in total. The monoisotopic (exact) mass is 505 g/mol. The van der Waals surface area contributed by atoms with Crippen molar-refractivity contribution in [3.63, 3.8) is 0 Å². The second-order valence-electron chi connectivity index (χ2n) is 8.93. The number of nitrogens with zero attached hydrogens (tertiary/aromatic N) is 1. The molecule has 3 aromatic carbocycles. The number of nitrogens with one attached hydrogen (secondary N) is 1. The van der Waals surface area contributed by atoms with Gasteiger partial charge in [-0.05, 0) is 42.2 Å². The summed E-state index contributed by atoms with van der Waals surface area (Å²) in [5.41, 5.74) is 7.62. The van der Waals surface area contributed by atoms with Crippen molar-refractivity contribution in [3.05, 3.63) is 83.9 Å². The van der Waals surface area contributed by atoms with Crippen LogP contribution in [0.2, 0.25) is 0 Å². The molecule has 0 aliphatic heterocycles. The van der Waals surface area contributed by atoms with Gasteiger partial charge in [-0.1, -0.05) is 72.8 Å². The fraction of sp³-hybridized carbons (Fsp3) is 0.400. The van der Waals surface area contributed by atoms with Crippen molar-refractivity contribution >= 4 is 22.6 Å². The van der Waals surface area contributed by atoms with E-state index in [9.17, 15) is 9.59 Å². The third-order valence-electron chi connectivity index (χ3n) is 6.22. The fourth-order valence-corrected chi connectivity index (χ4v) is 4.43. The summed E-state index contributed by atoms with van der Waals surface area (Å²) < 4.78 is 11.6. The van der Waals surface area contributed by atoms with Crippen LogP contribution in [0.25, 0.3) is 10.8 Å². The lowest BCUT2D eigenvalue weighted by Gasteiger charge is -2.31. The van der Waals surface area contributed by atoms with Crippen molar-refractivity contribution in [3.8, 4) is 0 Å². The van der Waals surface area contributed by atoms with Crippen LogP contribution in [-0.2, 0) is 32.0 Å². The van der Waals surface area contributed by atoms with Gasteiger partial charge in [-0.15, -0.1) is 0 Å². The van der Waals surface area contributed by atoms with Gasteiger partial charge in [0.1, 0.15) is 0 Å². The lowest BCUT2D eigenvalue weighted by Crippen LogP contribution is -2.46. The van der Waals surface area contributed by atoms with Crippen LogP contribution in [0, 0.1) is 5.92 Å². The molecule has 198 valence electrons. The Morgan fingerprint density at radius 3 is 2.30 bits per heavy atom. The normalized spacial score (nSPS) is 12.0. The van der Waals surface area contributed by atoms with E-state index in [1.807, 2.05) is 68.4 Å². The molecule has 0 fully saturated rings. The Hall–Kier alpha value is -3.26. The minimum atomic E-state index is -0.543. The number of fused-ring (bicyclic) bond motifs is 1. The molecule has 0 saturated carbocycles. The Balaban J connectivity index is 1.92. The number of rotatable bonds is 15. The van der Waals surface area contributed by atoms with Crippen LogP contribution < -0.4 is 11.1 Å². The van der Waals surface area contributed by atoms with Gasteiger partial charge < -0.3 is 25.4 Å². The minimum Gasteiger partial charge on any atom is -0.355 e. The molecule has 3 rings (SSSR count). The first-order valence-electron chi connectivity index (χ1n) is 13.0. The maximum atomic E-state index is 14.1. The first kappa shape index (κ1) is 28.3. The van der Waals surface area contributed by atoms with Gasteiger partial charge in [0.05, 0.1) is 12.5 Å². The van der Waals surface area contributed by atoms with Gasteiger partial charge in [0.25, 0.3) is 0 Å². The Bertz CT molecular complexity index is 1110. The van der Waals surface area contributed by atoms with Crippen molar-refractivity contribution < 1.29 is 19.1 Å². The van der Waals surface area contributed by atoms with E-state index in [0.717, 1.165) is 21.9 Å². The number of carbonyl (C=O) groups excluding carboxylic acids is 2. The predicted molar refractivity (Wildman–Crippen MR) is 147 cm³/mol. The van der Waals surface area contributed by atoms with E-state index in [1.54, 1.807) is 4.90 Å². The van der Waals surface area contributed by atoms with Crippen molar-refractivity contribution in [2.45, 2.75) is 39.5 Å². The number of hydrogen-bond acceptors (Lipinski definition) is 5. The standard InChI is InChI=1S/C30H39N3O4/c1-3-36-29(37-4-2)22-33(21-25-15-10-14-24-13-8-9-16-27(24)25)30(35)26(20-32-28(34)17-18-31)19-23-11-6-5-7-12-23/h5-16,26,29H,3-4,17-22,31H2,1-2H3,(H,32,34)/t26-/m1/s1. The highest BCUT2D eigenvalue weighted by Crippen LogP contribution is 2.22. The summed E-state index contributed by atoms with van der Waals surface area (Å²) >= 11 is 0. The number of hydrogen-bond donors (Lipinski definition) is 2. The zero-order chi connectivity index (χ0) is 26.5. The van der Waals surface area contributed by atoms with Crippen LogP contribution in [0.4, 0.5) is 0 Å². The summed E-state index contributed by atoms with van der Waals surface area (Å²) in [4.78, 5) is 28.2. The maximum Gasteiger partial charge on any atom is 0.228 e. The van der Waals surface area contributed by atoms with E-state index < -0.39 is 12.2 Å². The molecule has 0 heterocycles. The first-order valence-corrected chi connectivity index (χ1v) is 13.0. The average molecular weight is 506 g/mol. The highest BCUT2D eigenvalue weighted by atomic mass is 16.7. The molecule has 3 aromatic rings. The van der Waals surface area contributed by atoms with Gasteiger partial charge in [0, 0.05) is 39.3 Å².